The fourth-order valence-corrected chi connectivity index (χ4v) is 2.30. The Morgan fingerprint density at radius 2 is 1.77 bits per heavy atom. The molecule has 6 nitrogen and oxygen atoms in total. The number of hydrogen-bond donors (Lipinski definition) is 3. The number of nitrogens with two attached hydrogens (primary N) is 1. The standard InChI is InChI=1S/C19H26N4O2.HI/c1-24-12-11-21-17-9-7-15(8-10-17)13-22-19(20)23-18-6-4-3-5-16(18)14-25-2;/h3-10,21H,11-14H2,1-2H3,(H3,20,22,23);1H. The molecule has 2 aromatic carbocycles. The molecule has 2 aromatic rings. The number of anilines is 2. The van der Waals surface area contributed by atoms with E-state index >= 15 is 0 Å². The number of methoxy groups -OCH3 is 2. The minimum absolute atomic E-state index is 0. The van der Waals surface area contributed by atoms with Crippen LogP contribution < -0.4 is 16.4 Å². The molecule has 2 rings (SSSR count). The van der Waals surface area contributed by atoms with Gasteiger partial charge in [-0.2, -0.15) is 0 Å². The molecule has 0 aromatic heterocycles. The number of benzene rings is 2. The fraction of sp³-hybridized carbons (Fsp3) is 0.316. The predicted molar refractivity (Wildman–Crippen MR) is 118 cm³/mol. The Hall–Kier alpha value is -1.84. The van der Waals surface area contributed by atoms with E-state index in [1.165, 1.54) is 0 Å². The number of hydrogen-bond acceptors (Lipinski definition) is 4. The maximum absolute atomic E-state index is 6.00. The van der Waals surface area contributed by atoms with Gasteiger partial charge in [0.1, 0.15) is 0 Å². The van der Waals surface area contributed by atoms with Crippen molar-refractivity contribution in [1.29, 1.82) is 0 Å². The summed E-state index contributed by atoms with van der Waals surface area (Å²) in [5.74, 6) is 0.380. The van der Waals surface area contributed by atoms with Gasteiger partial charge in [-0.05, 0) is 23.8 Å². The van der Waals surface area contributed by atoms with Crippen LogP contribution in [0.3, 0.4) is 0 Å². The van der Waals surface area contributed by atoms with E-state index in [1.54, 1.807) is 14.2 Å². The van der Waals surface area contributed by atoms with Crippen molar-refractivity contribution in [3.63, 3.8) is 0 Å². The molecular formula is C19H27IN4O2. The maximum Gasteiger partial charge on any atom is 0.193 e. The third-order valence-electron chi connectivity index (χ3n) is 3.60. The quantitative estimate of drug-likeness (QED) is 0.227. The normalized spacial score (nSPS) is 10.9. The van der Waals surface area contributed by atoms with Gasteiger partial charge in [0.15, 0.2) is 5.96 Å². The lowest BCUT2D eigenvalue weighted by Crippen LogP contribution is -2.23. The molecule has 142 valence electrons. The van der Waals surface area contributed by atoms with Crippen molar-refractivity contribution < 1.29 is 9.47 Å². The number of nitrogens with zero attached hydrogens (tertiary/aromatic N) is 1. The summed E-state index contributed by atoms with van der Waals surface area (Å²) in [6, 6.07) is 16.0. The highest BCUT2D eigenvalue weighted by atomic mass is 127. The summed E-state index contributed by atoms with van der Waals surface area (Å²) >= 11 is 0. The van der Waals surface area contributed by atoms with Crippen LogP contribution in [0.25, 0.3) is 0 Å². The smallest absolute Gasteiger partial charge is 0.193 e. The molecule has 0 aliphatic carbocycles. The number of ether oxygens (including phenoxy) is 2. The number of para-hydroxylation sites is 1. The van der Waals surface area contributed by atoms with Crippen LogP contribution in [0.2, 0.25) is 0 Å². The molecule has 0 fully saturated rings. The van der Waals surface area contributed by atoms with Crippen molar-refractivity contribution in [3.05, 3.63) is 59.7 Å². The van der Waals surface area contributed by atoms with Crippen LogP contribution in [-0.4, -0.2) is 33.3 Å². The molecular weight excluding hydrogens is 443 g/mol. The largest absolute Gasteiger partial charge is 0.383 e. The van der Waals surface area contributed by atoms with E-state index in [0.29, 0.717) is 25.7 Å². The zero-order chi connectivity index (χ0) is 17.9. The summed E-state index contributed by atoms with van der Waals surface area (Å²) in [6.45, 7) is 2.50. The van der Waals surface area contributed by atoms with Gasteiger partial charge in [-0.15, -0.1) is 24.0 Å². The molecule has 0 saturated carbocycles. The molecule has 26 heavy (non-hydrogen) atoms. The second kappa shape index (κ2) is 12.5. The Morgan fingerprint density at radius 1 is 1.04 bits per heavy atom. The zero-order valence-corrected chi connectivity index (χ0v) is 17.5. The summed E-state index contributed by atoms with van der Waals surface area (Å²) in [5.41, 5.74) is 10.1. The van der Waals surface area contributed by atoms with E-state index in [4.69, 9.17) is 15.2 Å². The van der Waals surface area contributed by atoms with Gasteiger partial charge in [0.25, 0.3) is 0 Å². The van der Waals surface area contributed by atoms with Crippen LogP contribution in [0.4, 0.5) is 11.4 Å². The number of aliphatic imine (C=N–C) groups is 1. The lowest BCUT2D eigenvalue weighted by atomic mass is 10.2. The monoisotopic (exact) mass is 470 g/mol. The number of halogens is 1. The second-order valence-electron chi connectivity index (χ2n) is 5.53. The predicted octanol–water partition coefficient (Wildman–Crippen LogP) is 3.44. The van der Waals surface area contributed by atoms with Crippen molar-refractivity contribution in [2.75, 3.05) is 38.0 Å². The summed E-state index contributed by atoms with van der Waals surface area (Å²) in [5, 5.41) is 6.41. The highest BCUT2D eigenvalue weighted by molar-refractivity contribution is 14.0. The van der Waals surface area contributed by atoms with Crippen LogP contribution in [0.1, 0.15) is 11.1 Å². The minimum Gasteiger partial charge on any atom is -0.383 e. The summed E-state index contributed by atoms with van der Waals surface area (Å²) in [7, 11) is 3.36. The van der Waals surface area contributed by atoms with Gasteiger partial charge in [0.05, 0.1) is 19.8 Å². The highest BCUT2D eigenvalue weighted by Gasteiger charge is 2.02. The Bertz CT molecular complexity index is 677. The Labute approximate surface area is 172 Å². The molecule has 0 radical (unpaired) electrons. The van der Waals surface area contributed by atoms with Crippen LogP contribution in [0.15, 0.2) is 53.5 Å². The number of nitrogens with one attached hydrogen (secondary N) is 2. The van der Waals surface area contributed by atoms with Crippen molar-refractivity contribution in [1.82, 2.24) is 0 Å². The SMILES string of the molecule is COCCNc1ccc(CN=C(N)Nc2ccccc2COC)cc1.I. The molecule has 0 atom stereocenters. The van der Waals surface area contributed by atoms with E-state index in [-0.39, 0.29) is 24.0 Å². The highest BCUT2D eigenvalue weighted by Crippen LogP contribution is 2.15. The third-order valence-corrected chi connectivity index (χ3v) is 3.60. The Balaban J connectivity index is 0.00000338. The van der Waals surface area contributed by atoms with E-state index in [2.05, 4.69) is 15.6 Å². The summed E-state index contributed by atoms with van der Waals surface area (Å²) in [6.07, 6.45) is 0. The lowest BCUT2D eigenvalue weighted by Gasteiger charge is -2.11. The van der Waals surface area contributed by atoms with E-state index in [1.807, 2.05) is 48.5 Å². The molecule has 0 saturated heterocycles. The molecule has 4 N–H and O–H groups in total. The average molecular weight is 470 g/mol. The molecule has 0 heterocycles. The first-order valence-electron chi connectivity index (χ1n) is 8.18. The van der Waals surface area contributed by atoms with Gasteiger partial charge in [-0.3, -0.25) is 0 Å². The first kappa shape index (κ1) is 22.2. The van der Waals surface area contributed by atoms with Gasteiger partial charge >= 0.3 is 0 Å². The van der Waals surface area contributed by atoms with Crippen LogP contribution in [0, 0.1) is 0 Å². The van der Waals surface area contributed by atoms with Gasteiger partial charge < -0.3 is 25.8 Å². The molecule has 0 aliphatic rings. The van der Waals surface area contributed by atoms with Gasteiger partial charge in [0.2, 0.25) is 0 Å². The molecule has 0 bridgehead atoms. The molecule has 7 heteroatoms. The average Bonchev–Trinajstić information content (AvgIpc) is 2.63. The summed E-state index contributed by atoms with van der Waals surface area (Å²) < 4.78 is 10.2. The number of rotatable bonds is 9. The van der Waals surface area contributed by atoms with Gasteiger partial charge in [-0.1, -0.05) is 30.3 Å². The second-order valence-corrected chi connectivity index (χ2v) is 5.53. The minimum atomic E-state index is 0. The van der Waals surface area contributed by atoms with Gasteiger partial charge in [0, 0.05) is 37.7 Å². The van der Waals surface area contributed by atoms with Crippen molar-refractivity contribution in [3.8, 4) is 0 Å². The third kappa shape index (κ3) is 7.59. The molecule has 0 aliphatic heterocycles. The van der Waals surface area contributed by atoms with Crippen molar-refractivity contribution in [2.45, 2.75) is 13.2 Å². The lowest BCUT2D eigenvalue weighted by molar-refractivity contribution is 0.185. The maximum atomic E-state index is 6.00. The van der Waals surface area contributed by atoms with Gasteiger partial charge in [-0.25, -0.2) is 4.99 Å². The van der Waals surface area contributed by atoms with Crippen LogP contribution in [0.5, 0.6) is 0 Å². The van der Waals surface area contributed by atoms with Crippen molar-refractivity contribution >= 4 is 41.3 Å². The summed E-state index contributed by atoms with van der Waals surface area (Å²) in [4.78, 5) is 4.40. The Kier molecular flexibility index (Phi) is 10.7. The van der Waals surface area contributed by atoms with Crippen LogP contribution >= 0.6 is 24.0 Å². The van der Waals surface area contributed by atoms with E-state index < -0.39 is 0 Å². The Morgan fingerprint density at radius 3 is 2.46 bits per heavy atom. The van der Waals surface area contributed by atoms with Crippen LogP contribution in [-0.2, 0) is 22.6 Å². The zero-order valence-electron chi connectivity index (χ0n) is 15.2. The van der Waals surface area contributed by atoms with E-state index in [9.17, 15) is 0 Å². The molecule has 0 spiro atoms. The molecule has 0 unspecified atom stereocenters. The first-order valence-corrected chi connectivity index (χ1v) is 8.18. The first-order chi connectivity index (χ1) is 12.2. The van der Waals surface area contributed by atoms with E-state index in [0.717, 1.165) is 29.0 Å². The molecule has 0 amide bonds. The number of guanidine groups is 1. The topological polar surface area (TPSA) is 80.9 Å². The van der Waals surface area contributed by atoms with Crippen molar-refractivity contribution in [2.24, 2.45) is 10.7 Å². The fourth-order valence-electron chi connectivity index (χ4n) is 2.30.